The number of aromatic amines is 1. The molecule has 1 N–H and O–H groups in total. The Morgan fingerprint density at radius 2 is 1.88 bits per heavy atom. The van der Waals surface area contributed by atoms with E-state index >= 15 is 0 Å². The second-order valence-electron chi connectivity index (χ2n) is 5.66. The molecule has 1 aromatic heterocycles. The van der Waals surface area contributed by atoms with E-state index in [4.69, 9.17) is 11.6 Å². The standard InChI is InChI=1S/C19H19ClN4OS/c1-2-24(12-14-6-4-3-5-7-14)17(25)13-26-19-21-18(22-23-19)15-8-10-16(20)11-9-15/h3-11H,2,12-13H2,1H3,(H,21,22,23). The average molecular weight is 387 g/mol. The summed E-state index contributed by atoms with van der Waals surface area (Å²) in [6, 6.07) is 17.3. The molecule has 0 aliphatic heterocycles. The number of halogens is 1. The Morgan fingerprint density at radius 1 is 1.15 bits per heavy atom. The zero-order valence-electron chi connectivity index (χ0n) is 14.4. The van der Waals surface area contributed by atoms with Crippen LogP contribution in [0.5, 0.6) is 0 Å². The van der Waals surface area contributed by atoms with Gasteiger partial charge >= 0.3 is 0 Å². The predicted molar refractivity (Wildman–Crippen MR) is 105 cm³/mol. The van der Waals surface area contributed by atoms with Crippen molar-refractivity contribution >= 4 is 29.3 Å². The predicted octanol–water partition coefficient (Wildman–Crippen LogP) is 4.27. The van der Waals surface area contributed by atoms with Crippen molar-refractivity contribution in [1.82, 2.24) is 20.1 Å². The van der Waals surface area contributed by atoms with Crippen LogP contribution in [0.2, 0.25) is 5.02 Å². The van der Waals surface area contributed by atoms with Crippen LogP contribution >= 0.6 is 23.4 Å². The van der Waals surface area contributed by atoms with Gasteiger partial charge in [-0.05, 0) is 36.8 Å². The van der Waals surface area contributed by atoms with Crippen LogP contribution in [0.15, 0.2) is 59.8 Å². The molecule has 134 valence electrons. The third-order valence-corrected chi connectivity index (χ3v) is 4.94. The zero-order valence-corrected chi connectivity index (χ0v) is 15.9. The van der Waals surface area contributed by atoms with Gasteiger partial charge in [0.05, 0.1) is 5.75 Å². The molecule has 5 nitrogen and oxygen atoms in total. The summed E-state index contributed by atoms with van der Waals surface area (Å²) in [5.74, 6) is 1.03. The first-order valence-electron chi connectivity index (χ1n) is 8.28. The summed E-state index contributed by atoms with van der Waals surface area (Å²) >= 11 is 7.23. The van der Waals surface area contributed by atoms with E-state index < -0.39 is 0 Å². The van der Waals surface area contributed by atoms with Crippen molar-refractivity contribution in [3.63, 3.8) is 0 Å². The van der Waals surface area contributed by atoms with Gasteiger partial charge in [0, 0.05) is 23.7 Å². The Kier molecular flexibility index (Phi) is 6.30. The fourth-order valence-corrected chi connectivity index (χ4v) is 3.27. The van der Waals surface area contributed by atoms with Crippen LogP contribution in [-0.4, -0.2) is 38.3 Å². The molecule has 0 saturated carbocycles. The first-order valence-corrected chi connectivity index (χ1v) is 9.65. The van der Waals surface area contributed by atoms with Crippen molar-refractivity contribution in [2.75, 3.05) is 12.3 Å². The van der Waals surface area contributed by atoms with Gasteiger partial charge in [-0.3, -0.25) is 9.89 Å². The number of benzene rings is 2. The smallest absolute Gasteiger partial charge is 0.233 e. The van der Waals surface area contributed by atoms with Gasteiger partial charge in [-0.15, -0.1) is 5.10 Å². The van der Waals surface area contributed by atoms with Gasteiger partial charge in [0.2, 0.25) is 11.1 Å². The Balaban J connectivity index is 1.57. The molecule has 7 heteroatoms. The minimum absolute atomic E-state index is 0.0687. The van der Waals surface area contributed by atoms with Crippen molar-refractivity contribution in [3.8, 4) is 11.4 Å². The minimum atomic E-state index is 0.0687. The Hall–Kier alpha value is -2.31. The highest BCUT2D eigenvalue weighted by molar-refractivity contribution is 7.99. The lowest BCUT2D eigenvalue weighted by Crippen LogP contribution is -2.31. The number of rotatable bonds is 7. The van der Waals surface area contributed by atoms with Crippen molar-refractivity contribution in [2.24, 2.45) is 0 Å². The molecule has 2 aromatic carbocycles. The highest BCUT2D eigenvalue weighted by Crippen LogP contribution is 2.21. The van der Waals surface area contributed by atoms with Gasteiger partial charge in [-0.2, -0.15) is 0 Å². The van der Waals surface area contributed by atoms with E-state index in [-0.39, 0.29) is 5.91 Å². The highest BCUT2D eigenvalue weighted by Gasteiger charge is 2.14. The van der Waals surface area contributed by atoms with Crippen LogP contribution in [0.4, 0.5) is 0 Å². The van der Waals surface area contributed by atoms with E-state index in [9.17, 15) is 4.79 Å². The van der Waals surface area contributed by atoms with Gasteiger partial charge in [0.1, 0.15) is 0 Å². The quantitative estimate of drug-likeness (QED) is 0.616. The number of thioether (sulfide) groups is 1. The maximum atomic E-state index is 12.5. The molecule has 0 aliphatic rings. The summed E-state index contributed by atoms with van der Waals surface area (Å²) < 4.78 is 0. The summed E-state index contributed by atoms with van der Waals surface area (Å²) in [6.45, 7) is 3.26. The Morgan fingerprint density at radius 3 is 2.58 bits per heavy atom. The van der Waals surface area contributed by atoms with Crippen LogP contribution in [-0.2, 0) is 11.3 Å². The summed E-state index contributed by atoms with van der Waals surface area (Å²) in [5, 5.41) is 8.31. The molecule has 0 radical (unpaired) electrons. The molecule has 0 saturated heterocycles. The second-order valence-corrected chi connectivity index (χ2v) is 7.03. The van der Waals surface area contributed by atoms with Gasteiger partial charge in [-0.25, -0.2) is 4.98 Å². The third kappa shape index (κ3) is 4.86. The normalized spacial score (nSPS) is 10.7. The minimum Gasteiger partial charge on any atom is -0.338 e. The molecular formula is C19H19ClN4OS. The molecule has 0 atom stereocenters. The van der Waals surface area contributed by atoms with Crippen molar-refractivity contribution in [2.45, 2.75) is 18.6 Å². The SMILES string of the molecule is CCN(Cc1ccccc1)C(=O)CSc1n[nH]c(-c2ccc(Cl)cc2)n1. The summed E-state index contributed by atoms with van der Waals surface area (Å²) in [5.41, 5.74) is 2.02. The molecule has 0 bridgehead atoms. The molecule has 3 rings (SSSR count). The molecule has 0 aliphatic carbocycles. The number of H-pyrrole nitrogens is 1. The maximum Gasteiger partial charge on any atom is 0.233 e. The number of hydrogen-bond donors (Lipinski definition) is 1. The molecule has 0 unspecified atom stereocenters. The first kappa shape index (κ1) is 18.5. The number of amides is 1. The first-order chi connectivity index (χ1) is 12.7. The lowest BCUT2D eigenvalue weighted by atomic mass is 10.2. The molecular weight excluding hydrogens is 368 g/mol. The van der Waals surface area contributed by atoms with Crippen LogP contribution in [0.1, 0.15) is 12.5 Å². The fraction of sp³-hybridized carbons (Fsp3) is 0.211. The van der Waals surface area contributed by atoms with Crippen molar-refractivity contribution in [3.05, 3.63) is 65.2 Å². The largest absolute Gasteiger partial charge is 0.338 e. The fourth-order valence-electron chi connectivity index (χ4n) is 2.45. The Labute approximate surface area is 161 Å². The summed E-state index contributed by atoms with van der Waals surface area (Å²) in [4.78, 5) is 18.8. The molecule has 0 fully saturated rings. The molecule has 1 amide bonds. The van der Waals surface area contributed by atoms with E-state index in [0.717, 1.165) is 11.1 Å². The molecule has 1 heterocycles. The lowest BCUT2D eigenvalue weighted by molar-refractivity contribution is -0.128. The number of nitrogens with zero attached hydrogens (tertiary/aromatic N) is 3. The number of aromatic nitrogens is 3. The molecule has 0 spiro atoms. The number of carbonyl (C=O) groups excluding carboxylic acids is 1. The van der Waals surface area contributed by atoms with Crippen molar-refractivity contribution < 1.29 is 4.79 Å². The number of hydrogen-bond acceptors (Lipinski definition) is 4. The second kappa shape index (κ2) is 8.87. The maximum absolute atomic E-state index is 12.5. The lowest BCUT2D eigenvalue weighted by Gasteiger charge is -2.20. The number of nitrogens with one attached hydrogen (secondary N) is 1. The molecule has 3 aromatic rings. The topological polar surface area (TPSA) is 61.9 Å². The third-order valence-electron chi connectivity index (χ3n) is 3.86. The van der Waals surface area contributed by atoms with Crippen LogP contribution in [0.3, 0.4) is 0 Å². The summed E-state index contributed by atoms with van der Waals surface area (Å²) in [6.07, 6.45) is 0. The van der Waals surface area contributed by atoms with Crippen LogP contribution < -0.4 is 0 Å². The van der Waals surface area contributed by atoms with Crippen molar-refractivity contribution in [1.29, 1.82) is 0 Å². The van der Waals surface area contributed by atoms with E-state index in [1.165, 1.54) is 11.8 Å². The monoisotopic (exact) mass is 386 g/mol. The number of carbonyl (C=O) groups is 1. The van der Waals surface area contributed by atoms with E-state index in [1.807, 2.05) is 54.3 Å². The van der Waals surface area contributed by atoms with E-state index in [1.54, 1.807) is 12.1 Å². The van der Waals surface area contributed by atoms with Crippen LogP contribution in [0, 0.1) is 0 Å². The highest BCUT2D eigenvalue weighted by atomic mass is 35.5. The summed E-state index contributed by atoms with van der Waals surface area (Å²) in [7, 11) is 0. The van der Waals surface area contributed by atoms with E-state index in [2.05, 4.69) is 15.2 Å². The zero-order chi connectivity index (χ0) is 18.4. The van der Waals surface area contributed by atoms with Gasteiger partial charge in [-0.1, -0.05) is 53.7 Å². The Bertz CT molecular complexity index is 851. The average Bonchev–Trinajstić information content (AvgIpc) is 3.14. The van der Waals surface area contributed by atoms with Crippen LogP contribution in [0.25, 0.3) is 11.4 Å². The van der Waals surface area contributed by atoms with Gasteiger partial charge in [0.15, 0.2) is 5.82 Å². The molecule has 26 heavy (non-hydrogen) atoms. The van der Waals surface area contributed by atoms with Gasteiger partial charge in [0.25, 0.3) is 0 Å². The van der Waals surface area contributed by atoms with E-state index in [0.29, 0.717) is 34.8 Å². The van der Waals surface area contributed by atoms with Gasteiger partial charge < -0.3 is 4.90 Å².